The maximum absolute atomic E-state index is 11.2. The molecule has 0 aliphatic rings. The van der Waals surface area contributed by atoms with Crippen molar-refractivity contribution in [2.24, 2.45) is 5.92 Å². The molecule has 1 heterocycles. The second-order valence-corrected chi connectivity index (χ2v) is 4.26. The summed E-state index contributed by atoms with van der Waals surface area (Å²) in [5.74, 6) is 0.503. The maximum atomic E-state index is 11.2. The van der Waals surface area contributed by atoms with E-state index in [1.54, 1.807) is 12.1 Å². The molecule has 0 fully saturated rings. The molecular weight excluding hydrogens is 220 g/mol. The van der Waals surface area contributed by atoms with Crippen LogP contribution < -0.4 is 10.1 Å². The average Bonchev–Trinajstić information content (AvgIpc) is 2.28. The number of nitrogens with one attached hydrogen (secondary N) is 1. The van der Waals surface area contributed by atoms with Gasteiger partial charge in [0.05, 0.1) is 18.5 Å². The van der Waals surface area contributed by atoms with E-state index in [1.165, 1.54) is 13.1 Å². The Morgan fingerprint density at radius 1 is 1.47 bits per heavy atom. The Kier molecular flexibility index (Phi) is 4.90. The predicted octanol–water partition coefficient (Wildman–Crippen LogP) is 1.44. The third-order valence-corrected chi connectivity index (χ3v) is 1.95. The molecule has 17 heavy (non-hydrogen) atoms. The Labute approximate surface area is 101 Å². The van der Waals surface area contributed by atoms with Crippen LogP contribution in [0, 0.1) is 5.92 Å². The van der Waals surface area contributed by atoms with E-state index < -0.39 is 12.0 Å². The summed E-state index contributed by atoms with van der Waals surface area (Å²) >= 11 is 0. The second-order valence-electron chi connectivity index (χ2n) is 4.26. The Hall–Kier alpha value is -1.62. The molecular formula is C12H18N2O3. The number of hydrogen-bond acceptors (Lipinski definition) is 4. The zero-order valence-corrected chi connectivity index (χ0v) is 10.3. The standard InChI is InChI=1S/C12H18N2O3/c1-8(2)7-17-11-5-4-10(6-13-11)14-12(16)9(3)15/h4-6,8-9,15H,7H2,1-3H3,(H,14,16). The molecule has 0 aliphatic carbocycles. The molecule has 5 heteroatoms. The minimum Gasteiger partial charge on any atom is -0.477 e. The fourth-order valence-electron chi connectivity index (χ4n) is 1.04. The number of carbonyl (C=O) groups excluding carboxylic acids is 1. The van der Waals surface area contributed by atoms with Crippen LogP contribution in [-0.2, 0) is 4.79 Å². The quantitative estimate of drug-likeness (QED) is 0.814. The molecule has 0 aliphatic heterocycles. The first kappa shape index (κ1) is 13.4. The number of pyridine rings is 1. The zero-order valence-electron chi connectivity index (χ0n) is 10.3. The van der Waals surface area contributed by atoms with Crippen LogP contribution in [0.2, 0.25) is 0 Å². The SMILES string of the molecule is CC(C)COc1ccc(NC(=O)C(C)O)cn1. The summed E-state index contributed by atoms with van der Waals surface area (Å²) in [4.78, 5) is 15.2. The van der Waals surface area contributed by atoms with Gasteiger partial charge in [-0.25, -0.2) is 4.98 Å². The first-order valence-corrected chi connectivity index (χ1v) is 5.57. The zero-order chi connectivity index (χ0) is 12.8. The number of rotatable bonds is 5. The van der Waals surface area contributed by atoms with Crippen molar-refractivity contribution >= 4 is 11.6 Å². The third kappa shape index (κ3) is 4.82. The van der Waals surface area contributed by atoms with Crippen molar-refractivity contribution in [2.45, 2.75) is 26.9 Å². The molecule has 1 aromatic rings. The van der Waals surface area contributed by atoms with Crippen LogP contribution in [0.5, 0.6) is 5.88 Å². The predicted molar refractivity (Wildman–Crippen MR) is 64.9 cm³/mol. The number of aliphatic hydroxyl groups is 1. The summed E-state index contributed by atoms with van der Waals surface area (Å²) in [7, 11) is 0. The van der Waals surface area contributed by atoms with Crippen molar-refractivity contribution in [1.29, 1.82) is 0 Å². The number of ether oxygens (including phenoxy) is 1. The minimum atomic E-state index is -1.04. The number of carbonyl (C=O) groups is 1. The van der Waals surface area contributed by atoms with E-state index in [0.29, 0.717) is 24.1 Å². The van der Waals surface area contributed by atoms with E-state index in [9.17, 15) is 4.79 Å². The summed E-state index contributed by atoms with van der Waals surface area (Å²) in [6.45, 7) is 6.11. The smallest absolute Gasteiger partial charge is 0.252 e. The molecule has 1 atom stereocenters. The van der Waals surface area contributed by atoms with Crippen LogP contribution in [0.15, 0.2) is 18.3 Å². The van der Waals surface area contributed by atoms with Crippen molar-refractivity contribution in [3.8, 4) is 5.88 Å². The minimum absolute atomic E-state index is 0.436. The Balaban J connectivity index is 2.53. The van der Waals surface area contributed by atoms with E-state index in [2.05, 4.69) is 24.1 Å². The van der Waals surface area contributed by atoms with Gasteiger partial charge in [0.1, 0.15) is 6.10 Å². The molecule has 0 aromatic carbocycles. The Morgan fingerprint density at radius 2 is 2.18 bits per heavy atom. The van der Waals surface area contributed by atoms with E-state index in [-0.39, 0.29) is 0 Å². The lowest BCUT2D eigenvalue weighted by Crippen LogP contribution is -2.24. The van der Waals surface area contributed by atoms with Gasteiger partial charge in [-0.15, -0.1) is 0 Å². The lowest BCUT2D eigenvalue weighted by atomic mass is 10.2. The lowest BCUT2D eigenvalue weighted by molar-refractivity contribution is -0.123. The molecule has 1 aromatic heterocycles. The highest BCUT2D eigenvalue weighted by atomic mass is 16.5. The van der Waals surface area contributed by atoms with E-state index in [4.69, 9.17) is 9.84 Å². The van der Waals surface area contributed by atoms with Gasteiger partial charge in [0.25, 0.3) is 5.91 Å². The summed E-state index contributed by atoms with van der Waals surface area (Å²) in [6, 6.07) is 3.36. The lowest BCUT2D eigenvalue weighted by Gasteiger charge is -2.09. The van der Waals surface area contributed by atoms with Gasteiger partial charge in [-0.3, -0.25) is 4.79 Å². The van der Waals surface area contributed by atoms with Crippen molar-refractivity contribution in [3.63, 3.8) is 0 Å². The highest BCUT2D eigenvalue weighted by molar-refractivity contribution is 5.93. The monoisotopic (exact) mass is 238 g/mol. The number of nitrogens with zero attached hydrogens (tertiary/aromatic N) is 1. The van der Waals surface area contributed by atoms with Crippen LogP contribution in [0.1, 0.15) is 20.8 Å². The molecule has 94 valence electrons. The maximum Gasteiger partial charge on any atom is 0.252 e. The average molecular weight is 238 g/mol. The summed E-state index contributed by atoms with van der Waals surface area (Å²) in [5, 5.41) is 11.6. The van der Waals surface area contributed by atoms with E-state index in [0.717, 1.165) is 0 Å². The number of amides is 1. The topological polar surface area (TPSA) is 71.5 Å². The van der Waals surface area contributed by atoms with Crippen molar-refractivity contribution in [2.75, 3.05) is 11.9 Å². The molecule has 1 rings (SSSR count). The van der Waals surface area contributed by atoms with Gasteiger partial charge in [-0.1, -0.05) is 13.8 Å². The van der Waals surface area contributed by atoms with Crippen LogP contribution >= 0.6 is 0 Å². The van der Waals surface area contributed by atoms with Crippen molar-refractivity contribution in [3.05, 3.63) is 18.3 Å². The summed E-state index contributed by atoms with van der Waals surface area (Å²) in [6.07, 6.45) is 0.461. The first-order valence-electron chi connectivity index (χ1n) is 5.57. The normalized spacial score (nSPS) is 12.3. The highest BCUT2D eigenvalue weighted by Crippen LogP contribution is 2.12. The largest absolute Gasteiger partial charge is 0.477 e. The molecule has 2 N–H and O–H groups in total. The van der Waals surface area contributed by atoms with Gasteiger partial charge in [-0.05, 0) is 18.9 Å². The Bertz CT molecular complexity index is 361. The Morgan fingerprint density at radius 3 is 2.65 bits per heavy atom. The molecule has 5 nitrogen and oxygen atoms in total. The van der Waals surface area contributed by atoms with Gasteiger partial charge in [-0.2, -0.15) is 0 Å². The third-order valence-electron chi connectivity index (χ3n) is 1.95. The summed E-state index contributed by atoms with van der Waals surface area (Å²) < 4.78 is 5.40. The number of aromatic nitrogens is 1. The molecule has 0 spiro atoms. The fraction of sp³-hybridized carbons (Fsp3) is 0.500. The fourth-order valence-corrected chi connectivity index (χ4v) is 1.04. The van der Waals surface area contributed by atoms with E-state index >= 15 is 0 Å². The summed E-state index contributed by atoms with van der Waals surface area (Å²) in [5.41, 5.74) is 0.535. The van der Waals surface area contributed by atoms with Crippen LogP contribution in [-0.4, -0.2) is 28.7 Å². The van der Waals surface area contributed by atoms with Crippen LogP contribution in [0.4, 0.5) is 5.69 Å². The van der Waals surface area contributed by atoms with Crippen LogP contribution in [0.3, 0.4) is 0 Å². The number of anilines is 1. The number of aliphatic hydroxyl groups excluding tert-OH is 1. The molecule has 0 radical (unpaired) electrons. The molecule has 1 unspecified atom stereocenters. The van der Waals surface area contributed by atoms with Gasteiger partial charge < -0.3 is 15.2 Å². The molecule has 0 saturated carbocycles. The highest BCUT2D eigenvalue weighted by Gasteiger charge is 2.08. The van der Waals surface area contributed by atoms with Gasteiger partial charge in [0, 0.05) is 6.07 Å². The molecule has 1 amide bonds. The second kappa shape index (κ2) is 6.20. The molecule has 0 saturated heterocycles. The van der Waals surface area contributed by atoms with Gasteiger partial charge >= 0.3 is 0 Å². The first-order chi connectivity index (χ1) is 7.99. The van der Waals surface area contributed by atoms with Crippen LogP contribution in [0.25, 0.3) is 0 Å². The van der Waals surface area contributed by atoms with Crippen molar-refractivity contribution in [1.82, 2.24) is 4.98 Å². The number of hydrogen-bond donors (Lipinski definition) is 2. The van der Waals surface area contributed by atoms with Gasteiger partial charge in [0.2, 0.25) is 5.88 Å². The van der Waals surface area contributed by atoms with Crippen molar-refractivity contribution < 1.29 is 14.6 Å². The van der Waals surface area contributed by atoms with Gasteiger partial charge in [0.15, 0.2) is 0 Å². The van der Waals surface area contributed by atoms with E-state index in [1.807, 2.05) is 0 Å². The molecule has 0 bridgehead atoms.